The van der Waals surface area contributed by atoms with E-state index in [4.69, 9.17) is 15.5 Å². The van der Waals surface area contributed by atoms with Crippen LogP contribution in [0.5, 0.6) is 0 Å². The summed E-state index contributed by atoms with van der Waals surface area (Å²) in [5.41, 5.74) is 9.30. The number of primary amides is 1. The fraction of sp³-hybridized carbons (Fsp3) is 0.200. The van der Waals surface area contributed by atoms with Crippen LogP contribution in [0.25, 0.3) is 28.2 Å². The zero-order valence-corrected chi connectivity index (χ0v) is 18.7. The molecule has 2 aromatic carbocycles. The van der Waals surface area contributed by atoms with Gasteiger partial charge in [0.1, 0.15) is 0 Å². The lowest BCUT2D eigenvalue weighted by Crippen LogP contribution is -2.11. The molecule has 4 aromatic rings. The van der Waals surface area contributed by atoms with E-state index in [9.17, 15) is 9.59 Å². The minimum atomic E-state index is -0.566. The SMILES string of the molecule is COC(=O)c1nc2c(NCC(C)C)nc(-c3ccccc3)cn2c1-c1ccc(C(N)=O)cc1. The first-order chi connectivity index (χ1) is 15.9. The number of fused-ring (bicyclic) bond motifs is 1. The van der Waals surface area contributed by atoms with Crippen molar-refractivity contribution in [3.05, 3.63) is 72.1 Å². The Morgan fingerprint density at radius 2 is 1.73 bits per heavy atom. The zero-order chi connectivity index (χ0) is 23.5. The van der Waals surface area contributed by atoms with Crippen molar-refractivity contribution < 1.29 is 14.3 Å². The molecule has 0 saturated heterocycles. The van der Waals surface area contributed by atoms with E-state index in [0.29, 0.717) is 40.7 Å². The molecule has 4 rings (SSSR count). The number of aromatic nitrogens is 3. The molecule has 0 spiro atoms. The van der Waals surface area contributed by atoms with Crippen molar-refractivity contribution >= 4 is 23.3 Å². The Morgan fingerprint density at radius 3 is 2.33 bits per heavy atom. The quantitative estimate of drug-likeness (QED) is 0.417. The molecule has 168 valence electrons. The highest BCUT2D eigenvalue weighted by Gasteiger charge is 2.24. The van der Waals surface area contributed by atoms with Gasteiger partial charge in [0.15, 0.2) is 17.2 Å². The Labute approximate surface area is 191 Å². The number of hydrogen-bond acceptors (Lipinski definition) is 6. The molecular formula is C25H25N5O3. The van der Waals surface area contributed by atoms with Crippen LogP contribution < -0.4 is 11.1 Å². The van der Waals surface area contributed by atoms with Crippen LogP contribution in [0.2, 0.25) is 0 Å². The Kier molecular flexibility index (Phi) is 6.08. The van der Waals surface area contributed by atoms with Crippen LogP contribution in [0.15, 0.2) is 60.8 Å². The van der Waals surface area contributed by atoms with E-state index in [-0.39, 0.29) is 5.69 Å². The predicted molar refractivity (Wildman–Crippen MR) is 127 cm³/mol. The number of nitrogens with zero attached hydrogens (tertiary/aromatic N) is 3. The van der Waals surface area contributed by atoms with E-state index in [1.54, 1.807) is 24.3 Å². The van der Waals surface area contributed by atoms with Crippen LogP contribution in [0.1, 0.15) is 34.7 Å². The summed E-state index contributed by atoms with van der Waals surface area (Å²) in [6, 6.07) is 16.5. The number of carbonyl (C=O) groups is 2. The number of benzene rings is 2. The third-order valence-corrected chi connectivity index (χ3v) is 5.18. The predicted octanol–water partition coefficient (Wildman–Crippen LogP) is 4.02. The molecule has 0 atom stereocenters. The van der Waals surface area contributed by atoms with Crippen molar-refractivity contribution in [2.45, 2.75) is 13.8 Å². The van der Waals surface area contributed by atoms with Crippen LogP contribution in [-0.2, 0) is 4.74 Å². The summed E-state index contributed by atoms with van der Waals surface area (Å²) in [4.78, 5) is 33.6. The molecule has 1 amide bonds. The second-order valence-corrected chi connectivity index (χ2v) is 8.05. The van der Waals surface area contributed by atoms with E-state index < -0.39 is 11.9 Å². The monoisotopic (exact) mass is 443 g/mol. The van der Waals surface area contributed by atoms with Gasteiger partial charge in [-0.15, -0.1) is 0 Å². The molecule has 8 nitrogen and oxygen atoms in total. The van der Waals surface area contributed by atoms with Gasteiger partial charge >= 0.3 is 5.97 Å². The van der Waals surface area contributed by atoms with E-state index in [2.05, 4.69) is 24.1 Å². The fourth-order valence-electron chi connectivity index (χ4n) is 3.52. The van der Waals surface area contributed by atoms with Gasteiger partial charge in [-0.25, -0.2) is 14.8 Å². The van der Waals surface area contributed by atoms with Gasteiger partial charge in [0.05, 0.1) is 18.5 Å². The number of nitrogens with one attached hydrogen (secondary N) is 1. The standard InChI is InChI=1S/C25H25N5O3/c1-15(2)13-27-23-24-29-20(25(32)33-3)21(17-9-11-18(12-10-17)22(26)31)30(24)14-19(28-23)16-7-5-4-6-8-16/h4-12,14-15H,13H2,1-3H3,(H2,26,31)(H,27,28). The third kappa shape index (κ3) is 4.41. The van der Waals surface area contributed by atoms with Gasteiger partial charge < -0.3 is 15.8 Å². The molecule has 0 saturated carbocycles. The number of hydrogen-bond donors (Lipinski definition) is 2. The summed E-state index contributed by atoms with van der Waals surface area (Å²) < 4.78 is 6.85. The van der Waals surface area contributed by atoms with Gasteiger partial charge in [0.25, 0.3) is 0 Å². The highest BCUT2D eigenvalue weighted by molar-refractivity contribution is 5.98. The second kappa shape index (κ2) is 9.12. The van der Waals surface area contributed by atoms with Crippen LogP contribution in [0.3, 0.4) is 0 Å². The minimum Gasteiger partial charge on any atom is -0.464 e. The van der Waals surface area contributed by atoms with Crippen molar-refractivity contribution in [3.8, 4) is 22.5 Å². The van der Waals surface area contributed by atoms with Gasteiger partial charge in [0, 0.05) is 29.4 Å². The van der Waals surface area contributed by atoms with Gasteiger partial charge in [0.2, 0.25) is 5.91 Å². The maximum Gasteiger partial charge on any atom is 0.358 e. The van der Waals surface area contributed by atoms with Crippen molar-refractivity contribution in [1.29, 1.82) is 0 Å². The average molecular weight is 444 g/mol. The molecule has 33 heavy (non-hydrogen) atoms. The molecule has 0 bridgehead atoms. The first kappa shape index (κ1) is 22.0. The van der Waals surface area contributed by atoms with Crippen molar-refractivity contribution in [1.82, 2.24) is 14.4 Å². The number of methoxy groups -OCH3 is 1. The van der Waals surface area contributed by atoms with Gasteiger partial charge in [-0.05, 0) is 18.1 Å². The lowest BCUT2D eigenvalue weighted by atomic mass is 10.1. The number of imidazole rings is 1. The zero-order valence-electron chi connectivity index (χ0n) is 18.7. The van der Waals surface area contributed by atoms with Gasteiger partial charge in [-0.3, -0.25) is 9.20 Å². The molecule has 0 aliphatic heterocycles. The largest absolute Gasteiger partial charge is 0.464 e. The first-order valence-corrected chi connectivity index (χ1v) is 10.6. The van der Waals surface area contributed by atoms with Gasteiger partial charge in [-0.1, -0.05) is 56.3 Å². The van der Waals surface area contributed by atoms with E-state index in [0.717, 1.165) is 11.3 Å². The summed E-state index contributed by atoms with van der Waals surface area (Å²) >= 11 is 0. The molecule has 0 radical (unpaired) electrons. The summed E-state index contributed by atoms with van der Waals surface area (Å²) in [6.07, 6.45) is 1.85. The number of carbonyl (C=O) groups excluding carboxylic acids is 2. The van der Waals surface area contributed by atoms with Crippen molar-refractivity contribution in [2.24, 2.45) is 11.7 Å². The molecule has 8 heteroatoms. The lowest BCUT2D eigenvalue weighted by molar-refractivity contribution is 0.0595. The van der Waals surface area contributed by atoms with Crippen LogP contribution in [0, 0.1) is 5.92 Å². The van der Waals surface area contributed by atoms with E-state index in [1.807, 2.05) is 40.9 Å². The van der Waals surface area contributed by atoms with Gasteiger partial charge in [-0.2, -0.15) is 0 Å². The maximum atomic E-state index is 12.7. The summed E-state index contributed by atoms with van der Waals surface area (Å²) in [7, 11) is 1.32. The number of amides is 1. The minimum absolute atomic E-state index is 0.156. The first-order valence-electron chi connectivity index (χ1n) is 10.6. The van der Waals surface area contributed by atoms with Crippen LogP contribution in [0.4, 0.5) is 5.82 Å². The molecule has 0 aliphatic rings. The van der Waals surface area contributed by atoms with E-state index >= 15 is 0 Å². The number of nitrogens with two attached hydrogens (primary N) is 1. The topological polar surface area (TPSA) is 112 Å². The molecular weight excluding hydrogens is 418 g/mol. The molecule has 0 fully saturated rings. The van der Waals surface area contributed by atoms with Crippen LogP contribution >= 0.6 is 0 Å². The molecule has 0 aliphatic carbocycles. The van der Waals surface area contributed by atoms with Crippen molar-refractivity contribution in [2.75, 3.05) is 19.0 Å². The second-order valence-electron chi connectivity index (χ2n) is 8.05. The summed E-state index contributed by atoms with van der Waals surface area (Å²) in [5, 5.41) is 3.36. The molecule has 2 heterocycles. The Morgan fingerprint density at radius 1 is 1.03 bits per heavy atom. The number of esters is 1. The number of rotatable bonds is 7. The summed E-state index contributed by atoms with van der Waals surface area (Å²) in [5.74, 6) is -0.148. The maximum absolute atomic E-state index is 12.7. The van der Waals surface area contributed by atoms with Crippen LogP contribution in [-0.4, -0.2) is 39.9 Å². The Balaban J connectivity index is 2.00. The molecule has 2 aromatic heterocycles. The summed E-state index contributed by atoms with van der Waals surface area (Å²) in [6.45, 7) is 4.88. The highest BCUT2D eigenvalue weighted by Crippen LogP contribution is 2.31. The van der Waals surface area contributed by atoms with Crippen molar-refractivity contribution in [3.63, 3.8) is 0 Å². The smallest absolute Gasteiger partial charge is 0.358 e. The Bertz CT molecular complexity index is 1310. The third-order valence-electron chi connectivity index (χ3n) is 5.18. The molecule has 0 unspecified atom stereocenters. The number of ether oxygens (including phenoxy) is 1. The Hall–Kier alpha value is -4.20. The fourth-order valence-corrected chi connectivity index (χ4v) is 3.52. The molecule has 3 N–H and O–H groups in total. The average Bonchev–Trinajstić information content (AvgIpc) is 3.22. The van der Waals surface area contributed by atoms with E-state index in [1.165, 1.54) is 7.11 Å². The normalized spacial score (nSPS) is 11.0. The number of anilines is 1. The highest BCUT2D eigenvalue weighted by atomic mass is 16.5. The lowest BCUT2D eigenvalue weighted by Gasteiger charge is -2.13.